The third-order valence-corrected chi connectivity index (χ3v) is 2.95. The number of nitriles is 1. The molecule has 1 N–H and O–H groups in total. The van der Waals surface area contributed by atoms with E-state index in [1.165, 1.54) is 11.1 Å². The van der Waals surface area contributed by atoms with Crippen LogP contribution in [0.4, 0.5) is 0 Å². The minimum Gasteiger partial charge on any atom is -0.340 e. The molecule has 0 saturated carbocycles. The number of nitrogens with one attached hydrogen (secondary N) is 1. The fourth-order valence-corrected chi connectivity index (χ4v) is 1.86. The van der Waals surface area contributed by atoms with E-state index in [9.17, 15) is 4.79 Å². The summed E-state index contributed by atoms with van der Waals surface area (Å²) >= 11 is 0. The van der Waals surface area contributed by atoms with E-state index in [4.69, 9.17) is 5.26 Å². The number of benzene rings is 1. The number of nitrogens with zero attached hydrogens (tertiary/aromatic N) is 1. The Balaban J connectivity index is 2.42. The highest BCUT2D eigenvalue weighted by Crippen LogP contribution is 2.09. The Morgan fingerprint density at radius 2 is 2.17 bits per heavy atom. The number of rotatable bonds is 6. The van der Waals surface area contributed by atoms with Crippen LogP contribution in [0.15, 0.2) is 24.3 Å². The summed E-state index contributed by atoms with van der Waals surface area (Å²) in [6.45, 7) is 4.05. The van der Waals surface area contributed by atoms with Gasteiger partial charge in [-0.25, -0.2) is 0 Å². The maximum Gasteiger partial charge on any atom is 0.221 e. The quantitative estimate of drug-likeness (QED) is 0.836. The zero-order chi connectivity index (χ0) is 13.4. The molecule has 0 fully saturated rings. The lowest BCUT2D eigenvalue weighted by atomic mass is 10.0. The van der Waals surface area contributed by atoms with Crippen molar-refractivity contribution in [2.75, 3.05) is 0 Å². The highest BCUT2D eigenvalue weighted by molar-refractivity contribution is 5.76. The van der Waals surface area contributed by atoms with Crippen molar-refractivity contribution in [3.63, 3.8) is 0 Å². The molecule has 0 aliphatic rings. The Kier molecular flexibility index (Phi) is 5.93. The summed E-state index contributed by atoms with van der Waals surface area (Å²) < 4.78 is 0. The van der Waals surface area contributed by atoms with Crippen LogP contribution in [-0.2, 0) is 11.2 Å². The summed E-state index contributed by atoms with van der Waals surface area (Å²) in [7, 11) is 0. The van der Waals surface area contributed by atoms with Crippen LogP contribution in [0, 0.1) is 18.3 Å². The van der Waals surface area contributed by atoms with Gasteiger partial charge in [-0.3, -0.25) is 4.79 Å². The number of carbonyl (C=O) groups excluding carboxylic acids is 1. The van der Waals surface area contributed by atoms with Crippen LogP contribution >= 0.6 is 0 Å². The molecule has 0 radical (unpaired) electrons. The van der Waals surface area contributed by atoms with E-state index in [1.807, 2.05) is 38.1 Å². The van der Waals surface area contributed by atoms with Crippen molar-refractivity contribution < 1.29 is 4.79 Å². The summed E-state index contributed by atoms with van der Waals surface area (Å²) in [5, 5.41) is 11.6. The summed E-state index contributed by atoms with van der Waals surface area (Å²) in [6, 6.07) is 9.82. The van der Waals surface area contributed by atoms with Crippen molar-refractivity contribution in [1.82, 2.24) is 5.32 Å². The maximum absolute atomic E-state index is 11.7. The van der Waals surface area contributed by atoms with Crippen LogP contribution in [-0.4, -0.2) is 11.9 Å². The van der Waals surface area contributed by atoms with Crippen LogP contribution in [0.5, 0.6) is 0 Å². The van der Waals surface area contributed by atoms with Gasteiger partial charge in [-0.05, 0) is 30.9 Å². The molecule has 3 nitrogen and oxygen atoms in total. The van der Waals surface area contributed by atoms with Gasteiger partial charge in [0.05, 0.1) is 6.07 Å². The third-order valence-electron chi connectivity index (χ3n) is 2.95. The molecule has 1 rings (SSSR count). The maximum atomic E-state index is 11.7. The summed E-state index contributed by atoms with van der Waals surface area (Å²) in [5.74, 6) is -0.0433. The molecule has 0 aromatic heterocycles. The van der Waals surface area contributed by atoms with Gasteiger partial charge < -0.3 is 5.32 Å². The van der Waals surface area contributed by atoms with Crippen LogP contribution in [0.25, 0.3) is 0 Å². The van der Waals surface area contributed by atoms with Crippen LogP contribution in [0.2, 0.25) is 0 Å². The number of hydrogen-bond acceptors (Lipinski definition) is 2. The lowest BCUT2D eigenvalue weighted by Crippen LogP contribution is -2.33. The molecule has 96 valence electrons. The second-order valence-electron chi connectivity index (χ2n) is 4.46. The average Bonchev–Trinajstić information content (AvgIpc) is 2.37. The third kappa shape index (κ3) is 4.58. The molecule has 0 bridgehead atoms. The molecule has 0 aliphatic heterocycles. The average molecular weight is 244 g/mol. The topological polar surface area (TPSA) is 52.9 Å². The molecule has 0 aliphatic carbocycles. The van der Waals surface area contributed by atoms with Gasteiger partial charge in [-0.1, -0.05) is 37.6 Å². The number of carbonyl (C=O) groups is 1. The fourth-order valence-electron chi connectivity index (χ4n) is 1.86. The molecule has 18 heavy (non-hydrogen) atoms. The van der Waals surface area contributed by atoms with Gasteiger partial charge in [0, 0.05) is 6.42 Å². The Hall–Kier alpha value is -1.82. The highest BCUT2D eigenvalue weighted by atomic mass is 16.1. The molecule has 1 atom stereocenters. The molecular formula is C15H20N2O. The van der Waals surface area contributed by atoms with Gasteiger partial charge in [0.15, 0.2) is 0 Å². The van der Waals surface area contributed by atoms with E-state index in [0.717, 1.165) is 12.8 Å². The van der Waals surface area contributed by atoms with Gasteiger partial charge in [-0.2, -0.15) is 5.26 Å². The minimum atomic E-state index is -0.348. The van der Waals surface area contributed by atoms with Crippen molar-refractivity contribution >= 4 is 5.91 Å². The molecule has 0 saturated heterocycles. The van der Waals surface area contributed by atoms with E-state index in [0.29, 0.717) is 12.8 Å². The second-order valence-corrected chi connectivity index (χ2v) is 4.46. The van der Waals surface area contributed by atoms with Crippen molar-refractivity contribution in [2.45, 2.75) is 45.6 Å². The SMILES string of the molecule is CCCC(C#N)NC(=O)CCc1ccccc1C. The van der Waals surface area contributed by atoms with Crippen LogP contribution < -0.4 is 5.32 Å². The van der Waals surface area contributed by atoms with Crippen molar-refractivity contribution in [3.05, 3.63) is 35.4 Å². The van der Waals surface area contributed by atoms with E-state index in [1.54, 1.807) is 0 Å². The Morgan fingerprint density at radius 3 is 2.78 bits per heavy atom. The van der Waals surface area contributed by atoms with E-state index >= 15 is 0 Å². The lowest BCUT2D eigenvalue weighted by Gasteiger charge is -2.10. The molecular weight excluding hydrogens is 224 g/mol. The number of aryl methyl sites for hydroxylation is 2. The van der Waals surface area contributed by atoms with E-state index in [2.05, 4.69) is 11.4 Å². The van der Waals surface area contributed by atoms with Gasteiger partial charge in [0.25, 0.3) is 0 Å². The lowest BCUT2D eigenvalue weighted by molar-refractivity contribution is -0.121. The first-order valence-electron chi connectivity index (χ1n) is 6.40. The Labute approximate surface area is 109 Å². The molecule has 1 unspecified atom stereocenters. The van der Waals surface area contributed by atoms with Crippen LogP contribution in [0.3, 0.4) is 0 Å². The first kappa shape index (κ1) is 14.2. The van der Waals surface area contributed by atoms with Crippen molar-refractivity contribution in [3.8, 4) is 6.07 Å². The number of amides is 1. The molecule has 1 aromatic carbocycles. The van der Waals surface area contributed by atoms with Crippen LogP contribution in [0.1, 0.15) is 37.3 Å². The zero-order valence-electron chi connectivity index (χ0n) is 11.1. The van der Waals surface area contributed by atoms with Crippen molar-refractivity contribution in [1.29, 1.82) is 5.26 Å². The molecule has 1 amide bonds. The summed E-state index contributed by atoms with van der Waals surface area (Å²) in [4.78, 5) is 11.7. The highest BCUT2D eigenvalue weighted by Gasteiger charge is 2.10. The first-order valence-corrected chi connectivity index (χ1v) is 6.40. The zero-order valence-corrected chi connectivity index (χ0v) is 11.1. The van der Waals surface area contributed by atoms with Gasteiger partial charge in [-0.15, -0.1) is 0 Å². The van der Waals surface area contributed by atoms with Gasteiger partial charge in [0.1, 0.15) is 6.04 Å². The molecule has 0 spiro atoms. The molecule has 3 heteroatoms. The Morgan fingerprint density at radius 1 is 1.44 bits per heavy atom. The smallest absolute Gasteiger partial charge is 0.221 e. The fraction of sp³-hybridized carbons (Fsp3) is 0.467. The van der Waals surface area contributed by atoms with Crippen molar-refractivity contribution in [2.24, 2.45) is 0 Å². The van der Waals surface area contributed by atoms with Gasteiger partial charge >= 0.3 is 0 Å². The minimum absolute atomic E-state index is 0.0433. The number of hydrogen-bond donors (Lipinski definition) is 1. The van der Waals surface area contributed by atoms with E-state index in [-0.39, 0.29) is 11.9 Å². The second kappa shape index (κ2) is 7.50. The standard InChI is InChI=1S/C15H20N2O/c1-3-6-14(11-16)17-15(18)10-9-13-8-5-4-7-12(13)2/h4-5,7-8,14H,3,6,9-10H2,1-2H3,(H,17,18). The Bertz CT molecular complexity index is 434. The predicted octanol–water partition coefficient (Wildman–Crippen LogP) is 2.74. The monoisotopic (exact) mass is 244 g/mol. The van der Waals surface area contributed by atoms with Gasteiger partial charge in [0.2, 0.25) is 5.91 Å². The summed E-state index contributed by atoms with van der Waals surface area (Å²) in [5.41, 5.74) is 2.40. The first-order chi connectivity index (χ1) is 8.67. The summed E-state index contributed by atoms with van der Waals surface area (Å²) in [6.07, 6.45) is 2.78. The molecule has 1 aromatic rings. The molecule has 0 heterocycles. The largest absolute Gasteiger partial charge is 0.340 e. The van der Waals surface area contributed by atoms with E-state index < -0.39 is 0 Å². The predicted molar refractivity (Wildman–Crippen MR) is 72.0 cm³/mol. The normalized spacial score (nSPS) is 11.6.